The zero-order valence-corrected chi connectivity index (χ0v) is 13.8. The van der Waals surface area contributed by atoms with E-state index in [9.17, 15) is 24.0 Å². The molecule has 0 aromatic rings. The van der Waals surface area contributed by atoms with Gasteiger partial charge >= 0.3 is 5.97 Å². The molecule has 136 valence electrons. The SMILES string of the molecule is C=C1CCC(=O)N1OC(=O)CCOCCC(=O)CN1C(=O)CCC1=O. The Morgan fingerprint density at radius 3 is 2.12 bits per heavy atom. The Morgan fingerprint density at radius 1 is 0.920 bits per heavy atom. The van der Waals surface area contributed by atoms with Crippen molar-refractivity contribution in [2.75, 3.05) is 19.8 Å². The number of likely N-dealkylation sites (tertiary alicyclic amines) is 1. The maximum Gasteiger partial charge on any atom is 0.335 e. The van der Waals surface area contributed by atoms with E-state index in [2.05, 4.69) is 6.58 Å². The number of hydrogen-bond donors (Lipinski definition) is 0. The molecule has 0 aromatic carbocycles. The fourth-order valence-electron chi connectivity index (χ4n) is 2.39. The summed E-state index contributed by atoms with van der Waals surface area (Å²) in [4.78, 5) is 63.4. The summed E-state index contributed by atoms with van der Waals surface area (Å²) in [6.07, 6.45) is 0.995. The standard InChI is InChI=1S/C16H20N2O7/c1-11-2-3-15(22)18(11)25-16(23)7-9-24-8-6-12(19)10-17-13(20)4-5-14(17)21/h1-10H2. The van der Waals surface area contributed by atoms with Gasteiger partial charge in [-0.15, -0.1) is 5.06 Å². The van der Waals surface area contributed by atoms with Gasteiger partial charge in [-0.25, -0.2) is 4.79 Å². The van der Waals surface area contributed by atoms with Crippen molar-refractivity contribution in [3.05, 3.63) is 12.3 Å². The lowest BCUT2D eigenvalue weighted by Crippen LogP contribution is -2.34. The van der Waals surface area contributed by atoms with Gasteiger partial charge in [0.2, 0.25) is 11.8 Å². The van der Waals surface area contributed by atoms with Gasteiger partial charge in [-0.3, -0.25) is 24.1 Å². The van der Waals surface area contributed by atoms with Crippen molar-refractivity contribution in [1.29, 1.82) is 0 Å². The molecule has 0 saturated carbocycles. The largest absolute Gasteiger partial charge is 0.380 e. The molecule has 0 bridgehead atoms. The Hall–Kier alpha value is -2.55. The number of carbonyl (C=O) groups is 5. The first-order valence-corrected chi connectivity index (χ1v) is 8.02. The van der Waals surface area contributed by atoms with E-state index in [1.54, 1.807) is 0 Å². The van der Waals surface area contributed by atoms with E-state index in [0.717, 1.165) is 9.96 Å². The topological polar surface area (TPSA) is 110 Å². The lowest BCUT2D eigenvalue weighted by Gasteiger charge is -2.15. The van der Waals surface area contributed by atoms with E-state index in [-0.39, 0.29) is 75.4 Å². The van der Waals surface area contributed by atoms with E-state index < -0.39 is 5.97 Å². The molecule has 0 spiro atoms. The molecule has 2 aliphatic heterocycles. The normalized spacial score (nSPS) is 17.6. The molecular formula is C16H20N2O7. The molecule has 25 heavy (non-hydrogen) atoms. The Balaban J connectivity index is 1.57. The number of carbonyl (C=O) groups excluding carboxylic acids is 5. The Morgan fingerprint density at radius 2 is 1.52 bits per heavy atom. The molecule has 9 heteroatoms. The molecule has 0 N–H and O–H groups in total. The number of rotatable bonds is 9. The minimum atomic E-state index is -0.629. The first-order valence-electron chi connectivity index (χ1n) is 8.02. The maximum absolute atomic E-state index is 11.7. The highest BCUT2D eigenvalue weighted by atomic mass is 16.7. The summed E-state index contributed by atoms with van der Waals surface area (Å²) in [5.41, 5.74) is 0.441. The van der Waals surface area contributed by atoms with Crippen LogP contribution in [0.3, 0.4) is 0 Å². The van der Waals surface area contributed by atoms with Gasteiger partial charge in [-0.2, -0.15) is 0 Å². The number of Topliss-reactive ketones (excluding diaryl/α,β-unsaturated/α-hetero) is 1. The summed E-state index contributed by atoms with van der Waals surface area (Å²) in [6.45, 7) is 3.49. The lowest BCUT2D eigenvalue weighted by atomic mass is 10.3. The van der Waals surface area contributed by atoms with Crippen molar-refractivity contribution in [3.63, 3.8) is 0 Å². The molecule has 2 heterocycles. The van der Waals surface area contributed by atoms with E-state index in [4.69, 9.17) is 9.57 Å². The second-order valence-electron chi connectivity index (χ2n) is 5.74. The Labute approximate surface area is 144 Å². The van der Waals surface area contributed by atoms with Gasteiger partial charge in [0.1, 0.15) is 0 Å². The summed E-state index contributed by atoms with van der Waals surface area (Å²) < 4.78 is 5.18. The third kappa shape index (κ3) is 5.21. The first-order chi connectivity index (χ1) is 11.9. The average Bonchev–Trinajstić information content (AvgIpc) is 3.04. The van der Waals surface area contributed by atoms with E-state index in [1.807, 2.05) is 0 Å². The van der Waals surface area contributed by atoms with Gasteiger partial charge in [0, 0.05) is 25.7 Å². The minimum Gasteiger partial charge on any atom is -0.380 e. The number of hydroxylamine groups is 2. The molecule has 0 unspecified atom stereocenters. The lowest BCUT2D eigenvalue weighted by molar-refractivity contribution is -0.187. The molecule has 2 saturated heterocycles. The summed E-state index contributed by atoms with van der Waals surface area (Å²) >= 11 is 0. The molecule has 2 aliphatic rings. The molecule has 2 fully saturated rings. The summed E-state index contributed by atoms with van der Waals surface area (Å²) in [7, 11) is 0. The zero-order chi connectivity index (χ0) is 18.4. The highest BCUT2D eigenvalue weighted by molar-refractivity contribution is 6.04. The van der Waals surface area contributed by atoms with E-state index in [1.165, 1.54) is 0 Å². The van der Waals surface area contributed by atoms with E-state index in [0.29, 0.717) is 12.1 Å². The fraction of sp³-hybridized carbons (Fsp3) is 0.562. The van der Waals surface area contributed by atoms with Crippen LogP contribution in [-0.4, -0.2) is 59.2 Å². The highest BCUT2D eigenvalue weighted by Crippen LogP contribution is 2.20. The van der Waals surface area contributed by atoms with Crippen molar-refractivity contribution in [1.82, 2.24) is 9.96 Å². The Bertz CT molecular complexity index is 530. The van der Waals surface area contributed by atoms with Crippen molar-refractivity contribution < 1.29 is 33.5 Å². The van der Waals surface area contributed by atoms with Crippen LogP contribution < -0.4 is 0 Å². The average molecular weight is 352 g/mol. The summed E-state index contributed by atoms with van der Waals surface area (Å²) in [5.74, 6) is -1.89. The van der Waals surface area contributed by atoms with Crippen LogP contribution in [0.25, 0.3) is 0 Å². The van der Waals surface area contributed by atoms with Gasteiger partial charge < -0.3 is 9.57 Å². The van der Waals surface area contributed by atoms with E-state index >= 15 is 0 Å². The molecule has 2 rings (SSSR count). The van der Waals surface area contributed by atoms with Crippen molar-refractivity contribution in [2.45, 2.75) is 38.5 Å². The van der Waals surface area contributed by atoms with Crippen LogP contribution in [-0.2, 0) is 33.5 Å². The molecule has 9 nitrogen and oxygen atoms in total. The van der Waals surface area contributed by atoms with Crippen molar-refractivity contribution >= 4 is 29.5 Å². The van der Waals surface area contributed by atoms with Crippen LogP contribution in [0.2, 0.25) is 0 Å². The van der Waals surface area contributed by atoms with Crippen LogP contribution in [0.1, 0.15) is 38.5 Å². The van der Waals surface area contributed by atoms with Gasteiger partial charge in [0.25, 0.3) is 5.91 Å². The molecule has 0 radical (unpaired) electrons. The predicted molar refractivity (Wildman–Crippen MR) is 82.3 cm³/mol. The van der Waals surface area contributed by atoms with Gasteiger partial charge in [-0.1, -0.05) is 6.58 Å². The molecule has 3 amide bonds. The second kappa shape index (κ2) is 8.52. The van der Waals surface area contributed by atoms with Crippen LogP contribution in [0.5, 0.6) is 0 Å². The smallest absolute Gasteiger partial charge is 0.335 e. The summed E-state index contributed by atoms with van der Waals surface area (Å²) in [5, 5.41) is 0.899. The number of ether oxygens (including phenoxy) is 1. The molecule has 0 aromatic heterocycles. The van der Waals surface area contributed by atoms with Crippen LogP contribution in [0, 0.1) is 0 Å². The number of imide groups is 1. The third-order valence-electron chi connectivity index (χ3n) is 3.80. The van der Waals surface area contributed by atoms with Crippen LogP contribution in [0.4, 0.5) is 0 Å². The fourth-order valence-corrected chi connectivity index (χ4v) is 2.39. The summed E-state index contributed by atoms with van der Waals surface area (Å²) in [6, 6.07) is 0. The predicted octanol–water partition coefficient (Wildman–Crippen LogP) is 0.0956. The van der Waals surface area contributed by atoms with Gasteiger partial charge in [0.05, 0.1) is 31.9 Å². The molecule has 0 aliphatic carbocycles. The van der Waals surface area contributed by atoms with Crippen molar-refractivity contribution in [2.24, 2.45) is 0 Å². The van der Waals surface area contributed by atoms with Gasteiger partial charge in [0.15, 0.2) is 5.78 Å². The third-order valence-corrected chi connectivity index (χ3v) is 3.80. The zero-order valence-electron chi connectivity index (χ0n) is 13.8. The number of ketones is 1. The number of nitrogens with zero attached hydrogens (tertiary/aromatic N) is 2. The quantitative estimate of drug-likeness (QED) is 0.427. The number of allylic oxidation sites excluding steroid dienone is 1. The molecule has 0 atom stereocenters. The number of amides is 3. The highest BCUT2D eigenvalue weighted by Gasteiger charge is 2.30. The van der Waals surface area contributed by atoms with Crippen molar-refractivity contribution in [3.8, 4) is 0 Å². The molecular weight excluding hydrogens is 332 g/mol. The monoisotopic (exact) mass is 352 g/mol. The van der Waals surface area contributed by atoms with Crippen LogP contribution >= 0.6 is 0 Å². The number of hydrogen-bond acceptors (Lipinski definition) is 7. The maximum atomic E-state index is 11.7. The van der Waals surface area contributed by atoms with Gasteiger partial charge in [-0.05, 0) is 6.42 Å². The second-order valence-corrected chi connectivity index (χ2v) is 5.74. The van der Waals surface area contributed by atoms with Crippen LogP contribution in [0.15, 0.2) is 12.3 Å². The Kier molecular flexibility index (Phi) is 6.40. The minimum absolute atomic E-state index is 0.0300. The first kappa shape index (κ1) is 18.8.